The minimum atomic E-state index is -0.132. The summed E-state index contributed by atoms with van der Waals surface area (Å²) >= 11 is 6.08. The van der Waals surface area contributed by atoms with Crippen molar-refractivity contribution in [1.29, 1.82) is 0 Å². The number of halogens is 1. The van der Waals surface area contributed by atoms with E-state index in [4.69, 9.17) is 11.6 Å². The molecule has 0 aliphatic heterocycles. The molecule has 0 amide bonds. The minimum Gasteiger partial charge on any atom is -0.379 e. The molecule has 6 nitrogen and oxygen atoms in total. The quantitative estimate of drug-likeness (QED) is 0.768. The Balaban J connectivity index is 1.59. The number of nitrogens with zero attached hydrogens (tertiary/aromatic N) is 3. The van der Waals surface area contributed by atoms with E-state index in [2.05, 4.69) is 20.4 Å². The number of nitrogens with one attached hydrogen (secondary N) is 2. The number of imidazole rings is 1. The molecule has 1 fully saturated rings. The van der Waals surface area contributed by atoms with Crippen LogP contribution in [0.25, 0.3) is 0 Å². The van der Waals surface area contributed by atoms with Gasteiger partial charge in [0.25, 0.3) is 5.56 Å². The molecule has 1 aliphatic carbocycles. The van der Waals surface area contributed by atoms with E-state index < -0.39 is 0 Å². The van der Waals surface area contributed by atoms with Crippen LogP contribution in [0.2, 0.25) is 5.02 Å². The molecule has 1 saturated carbocycles. The molecule has 2 heterocycles. The van der Waals surface area contributed by atoms with Gasteiger partial charge in [-0.05, 0) is 25.2 Å². The van der Waals surface area contributed by atoms with Gasteiger partial charge in [-0.1, -0.05) is 11.6 Å². The Labute approximate surface area is 127 Å². The molecule has 0 atom stereocenters. The Morgan fingerprint density at radius 2 is 2.33 bits per heavy atom. The lowest BCUT2D eigenvalue weighted by Gasteiger charge is -2.10. The summed E-state index contributed by atoms with van der Waals surface area (Å²) in [4.78, 5) is 19.5. The van der Waals surface area contributed by atoms with E-state index in [0.717, 1.165) is 18.7 Å². The number of H-pyrrole nitrogens is 1. The standard InChI is InChI=1S/C14H18ClN5O/c15-11-8-19-20(9-10-3-4-10)14(21)13(11)18-5-1-2-12-16-6-7-17-12/h6-8,10,18H,1-5,9H2,(H,16,17). The fraction of sp³-hybridized carbons (Fsp3) is 0.500. The van der Waals surface area contributed by atoms with E-state index in [9.17, 15) is 4.79 Å². The van der Waals surface area contributed by atoms with Crippen LogP contribution in [0.5, 0.6) is 0 Å². The molecule has 1 aliphatic rings. The Bertz CT molecular complexity index is 648. The normalized spacial score (nSPS) is 14.3. The summed E-state index contributed by atoms with van der Waals surface area (Å²) in [5, 5.41) is 7.62. The van der Waals surface area contributed by atoms with Crippen molar-refractivity contribution >= 4 is 17.3 Å². The number of hydrogen-bond acceptors (Lipinski definition) is 4. The van der Waals surface area contributed by atoms with E-state index in [1.165, 1.54) is 17.5 Å². The summed E-state index contributed by atoms with van der Waals surface area (Å²) in [7, 11) is 0. The molecular formula is C14H18ClN5O. The van der Waals surface area contributed by atoms with Gasteiger partial charge in [-0.25, -0.2) is 9.67 Å². The highest BCUT2D eigenvalue weighted by atomic mass is 35.5. The topological polar surface area (TPSA) is 75.6 Å². The Morgan fingerprint density at radius 1 is 1.48 bits per heavy atom. The second-order valence-corrected chi connectivity index (χ2v) is 5.77. The van der Waals surface area contributed by atoms with Crippen molar-refractivity contribution in [2.75, 3.05) is 11.9 Å². The zero-order chi connectivity index (χ0) is 14.7. The molecular weight excluding hydrogens is 290 g/mol. The second-order valence-electron chi connectivity index (χ2n) is 5.36. The lowest BCUT2D eigenvalue weighted by atomic mass is 10.3. The molecule has 0 unspecified atom stereocenters. The van der Waals surface area contributed by atoms with Crippen LogP contribution in [0.3, 0.4) is 0 Å². The summed E-state index contributed by atoms with van der Waals surface area (Å²) in [5.41, 5.74) is 0.319. The van der Waals surface area contributed by atoms with Gasteiger partial charge in [0.2, 0.25) is 0 Å². The number of hydrogen-bond donors (Lipinski definition) is 2. The Kier molecular flexibility index (Phi) is 4.24. The van der Waals surface area contributed by atoms with E-state index in [0.29, 0.717) is 29.7 Å². The van der Waals surface area contributed by atoms with Crippen molar-refractivity contribution < 1.29 is 0 Å². The SMILES string of the molecule is O=c1c(NCCCc2ncc[nH]2)c(Cl)cnn1CC1CC1. The maximum Gasteiger partial charge on any atom is 0.291 e. The van der Waals surface area contributed by atoms with Crippen molar-refractivity contribution in [2.45, 2.75) is 32.2 Å². The smallest absolute Gasteiger partial charge is 0.291 e. The number of aromatic amines is 1. The van der Waals surface area contributed by atoms with Gasteiger partial charge in [-0.3, -0.25) is 4.79 Å². The average Bonchev–Trinajstić information content (AvgIpc) is 3.14. The van der Waals surface area contributed by atoms with Crippen LogP contribution in [0.1, 0.15) is 25.1 Å². The first-order valence-electron chi connectivity index (χ1n) is 7.22. The maximum atomic E-state index is 12.3. The van der Waals surface area contributed by atoms with Gasteiger partial charge in [0, 0.05) is 31.9 Å². The zero-order valence-electron chi connectivity index (χ0n) is 11.7. The van der Waals surface area contributed by atoms with Crippen LogP contribution in [0.15, 0.2) is 23.4 Å². The summed E-state index contributed by atoms with van der Waals surface area (Å²) in [5.74, 6) is 1.55. The number of anilines is 1. The number of rotatable bonds is 7. The predicted molar refractivity (Wildman–Crippen MR) is 81.6 cm³/mol. The van der Waals surface area contributed by atoms with Gasteiger partial charge < -0.3 is 10.3 Å². The molecule has 21 heavy (non-hydrogen) atoms. The third kappa shape index (κ3) is 3.64. The first-order chi connectivity index (χ1) is 10.2. The number of aryl methyl sites for hydroxylation is 1. The third-order valence-electron chi connectivity index (χ3n) is 3.57. The highest BCUT2D eigenvalue weighted by Gasteiger charge is 2.23. The van der Waals surface area contributed by atoms with Gasteiger partial charge in [0.15, 0.2) is 0 Å². The molecule has 0 spiro atoms. The van der Waals surface area contributed by atoms with Crippen LogP contribution in [0.4, 0.5) is 5.69 Å². The predicted octanol–water partition coefficient (Wildman–Crippen LogP) is 2.07. The van der Waals surface area contributed by atoms with Crippen molar-refractivity contribution in [1.82, 2.24) is 19.7 Å². The first-order valence-corrected chi connectivity index (χ1v) is 7.59. The van der Waals surface area contributed by atoms with E-state index in [1.807, 2.05) is 0 Å². The lowest BCUT2D eigenvalue weighted by molar-refractivity contribution is 0.534. The molecule has 112 valence electrons. The molecule has 2 aromatic rings. The largest absolute Gasteiger partial charge is 0.379 e. The van der Waals surface area contributed by atoms with Gasteiger partial charge in [0.05, 0.1) is 11.2 Å². The van der Waals surface area contributed by atoms with E-state index in [-0.39, 0.29) is 5.56 Å². The highest BCUT2D eigenvalue weighted by Crippen LogP contribution is 2.30. The number of aromatic nitrogens is 4. The monoisotopic (exact) mass is 307 g/mol. The molecule has 3 rings (SSSR count). The fourth-order valence-electron chi connectivity index (χ4n) is 2.21. The van der Waals surface area contributed by atoms with Crippen LogP contribution < -0.4 is 10.9 Å². The van der Waals surface area contributed by atoms with Gasteiger partial charge in [0.1, 0.15) is 11.5 Å². The van der Waals surface area contributed by atoms with E-state index >= 15 is 0 Å². The molecule has 0 bridgehead atoms. The molecule has 0 radical (unpaired) electrons. The lowest BCUT2D eigenvalue weighted by Crippen LogP contribution is -2.27. The molecule has 2 aromatic heterocycles. The summed E-state index contributed by atoms with van der Waals surface area (Å²) in [6.07, 6.45) is 9.15. The molecule has 7 heteroatoms. The molecule has 2 N–H and O–H groups in total. The van der Waals surface area contributed by atoms with Crippen molar-refractivity contribution in [3.8, 4) is 0 Å². The van der Waals surface area contributed by atoms with Crippen LogP contribution in [-0.4, -0.2) is 26.3 Å². The zero-order valence-corrected chi connectivity index (χ0v) is 12.4. The van der Waals surface area contributed by atoms with Crippen LogP contribution >= 0.6 is 11.6 Å². The second kappa shape index (κ2) is 6.30. The van der Waals surface area contributed by atoms with E-state index in [1.54, 1.807) is 18.6 Å². The fourth-order valence-corrected chi connectivity index (χ4v) is 2.40. The van der Waals surface area contributed by atoms with Crippen molar-refractivity contribution in [3.63, 3.8) is 0 Å². The van der Waals surface area contributed by atoms with Gasteiger partial charge >= 0.3 is 0 Å². The average molecular weight is 308 g/mol. The summed E-state index contributed by atoms with van der Waals surface area (Å²) < 4.78 is 1.51. The van der Waals surface area contributed by atoms with Crippen LogP contribution in [-0.2, 0) is 13.0 Å². The summed E-state index contributed by atoms with van der Waals surface area (Å²) in [6.45, 7) is 1.36. The summed E-state index contributed by atoms with van der Waals surface area (Å²) in [6, 6.07) is 0. The third-order valence-corrected chi connectivity index (χ3v) is 3.86. The maximum absolute atomic E-state index is 12.3. The minimum absolute atomic E-state index is 0.132. The van der Waals surface area contributed by atoms with Gasteiger partial charge in [-0.15, -0.1) is 0 Å². The Hall–Kier alpha value is -1.82. The Morgan fingerprint density at radius 3 is 3.05 bits per heavy atom. The van der Waals surface area contributed by atoms with Crippen molar-refractivity contribution in [2.24, 2.45) is 5.92 Å². The highest BCUT2D eigenvalue weighted by molar-refractivity contribution is 6.32. The van der Waals surface area contributed by atoms with Gasteiger partial charge in [-0.2, -0.15) is 5.10 Å². The molecule has 0 aromatic carbocycles. The molecule has 0 saturated heterocycles. The van der Waals surface area contributed by atoms with Crippen LogP contribution in [0, 0.1) is 5.92 Å². The first kappa shape index (κ1) is 14.1. The van der Waals surface area contributed by atoms with Crippen molar-refractivity contribution in [3.05, 3.63) is 39.8 Å².